The smallest absolute Gasteiger partial charge is 0.186 e. The van der Waals surface area contributed by atoms with Gasteiger partial charge in [0.15, 0.2) is 6.29 Å². The number of aliphatic hydroxyl groups excluding tert-OH is 1. The molecular formula is C15H31NO6. The third-order valence-electron chi connectivity index (χ3n) is 3.80. The predicted molar refractivity (Wildman–Crippen MR) is 81.1 cm³/mol. The van der Waals surface area contributed by atoms with Crippen LogP contribution in [0.15, 0.2) is 0 Å². The highest BCUT2D eigenvalue weighted by molar-refractivity contribution is 5.01. The number of methoxy groups -OCH3 is 1. The lowest BCUT2D eigenvalue weighted by Crippen LogP contribution is -2.52. The lowest BCUT2D eigenvalue weighted by Gasteiger charge is -2.33. The Hall–Kier alpha value is -0.280. The number of hydrogen-bond donors (Lipinski definition) is 2. The highest BCUT2D eigenvalue weighted by Gasteiger charge is 2.56. The Morgan fingerprint density at radius 1 is 1.14 bits per heavy atom. The summed E-state index contributed by atoms with van der Waals surface area (Å²) in [5, 5.41) is 10.4. The van der Waals surface area contributed by atoms with E-state index in [4.69, 9.17) is 29.7 Å². The molecule has 1 heterocycles. The van der Waals surface area contributed by atoms with Gasteiger partial charge >= 0.3 is 0 Å². The number of nitrogens with two attached hydrogens (primary N) is 1. The molecule has 7 nitrogen and oxygen atoms in total. The van der Waals surface area contributed by atoms with Gasteiger partial charge in [-0.15, -0.1) is 0 Å². The highest BCUT2D eigenvalue weighted by Crippen LogP contribution is 2.35. The van der Waals surface area contributed by atoms with Crippen molar-refractivity contribution >= 4 is 0 Å². The zero-order valence-corrected chi connectivity index (χ0v) is 14.0. The number of rotatable bonds is 12. The molecule has 0 aromatic carbocycles. The molecule has 1 fully saturated rings. The SMILES string of the molecule is CCCCOC[C@@]1(CON)OC(OC)[C@H](O)[C@@H]1OCCCC. The second kappa shape index (κ2) is 10.5. The standard InChI is InChI=1S/C15H31NO6/c1-4-6-8-19-10-15(11-21-16)13(20-9-7-5-2)12(17)14(18-3)22-15/h12-14,17H,4-11,16H2,1-3H3/t12-,13+,14?,15+/m1/s1. The summed E-state index contributed by atoms with van der Waals surface area (Å²) in [6.07, 6.45) is 1.61. The van der Waals surface area contributed by atoms with Crippen molar-refractivity contribution in [2.75, 3.05) is 33.5 Å². The molecule has 4 atom stereocenters. The van der Waals surface area contributed by atoms with Crippen LogP contribution in [0.3, 0.4) is 0 Å². The summed E-state index contributed by atoms with van der Waals surface area (Å²) in [4.78, 5) is 4.81. The Morgan fingerprint density at radius 3 is 2.41 bits per heavy atom. The van der Waals surface area contributed by atoms with Gasteiger partial charge in [0.05, 0.1) is 6.61 Å². The summed E-state index contributed by atoms with van der Waals surface area (Å²) in [5.74, 6) is 5.26. The minimum absolute atomic E-state index is 0.0623. The molecule has 0 aromatic heterocycles. The molecule has 3 N–H and O–H groups in total. The summed E-state index contributed by atoms with van der Waals surface area (Å²) in [5.41, 5.74) is -0.962. The zero-order valence-electron chi connectivity index (χ0n) is 14.0. The van der Waals surface area contributed by atoms with E-state index in [0.29, 0.717) is 13.2 Å². The maximum absolute atomic E-state index is 10.4. The van der Waals surface area contributed by atoms with Crippen LogP contribution in [-0.2, 0) is 23.8 Å². The van der Waals surface area contributed by atoms with Crippen molar-refractivity contribution in [2.45, 2.75) is 63.6 Å². The molecule has 0 bridgehead atoms. The van der Waals surface area contributed by atoms with E-state index in [9.17, 15) is 5.11 Å². The van der Waals surface area contributed by atoms with Gasteiger partial charge in [0.2, 0.25) is 0 Å². The van der Waals surface area contributed by atoms with E-state index in [0.717, 1.165) is 25.7 Å². The van der Waals surface area contributed by atoms with Crippen LogP contribution in [-0.4, -0.2) is 62.7 Å². The van der Waals surface area contributed by atoms with Gasteiger partial charge in [-0.05, 0) is 12.8 Å². The first-order valence-electron chi connectivity index (χ1n) is 8.04. The van der Waals surface area contributed by atoms with Gasteiger partial charge in [-0.3, -0.25) is 0 Å². The molecule has 0 amide bonds. The topological polar surface area (TPSA) is 92.4 Å². The van der Waals surface area contributed by atoms with Crippen LogP contribution in [0.25, 0.3) is 0 Å². The molecule has 0 spiro atoms. The molecule has 22 heavy (non-hydrogen) atoms. The molecule has 7 heteroatoms. The molecule has 0 saturated carbocycles. The van der Waals surface area contributed by atoms with E-state index in [-0.39, 0.29) is 13.2 Å². The first-order chi connectivity index (χ1) is 10.6. The molecule has 1 aliphatic rings. The van der Waals surface area contributed by atoms with Crippen molar-refractivity contribution < 1.29 is 28.9 Å². The summed E-state index contributed by atoms with van der Waals surface area (Å²) in [6.45, 7) is 5.61. The van der Waals surface area contributed by atoms with E-state index in [1.807, 2.05) is 0 Å². The summed E-state index contributed by atoms with van der Waals surface area (Å²) < 4.78 is 22.6. The Balaban J connectivity index is 2.76. The van der Waals surface area contributed by atoms with Crippen LogP contribution in [0.4, 0.5) is 0 Å². The van der Waals surface area contributed by atoms with Gasteiger partial charge in [-0.25, -0.2) is 5.90 Å². The minimum Gasteiger partial charge on any atom is -0.385 e. The average molecular weight is 321 g/mol. The van der Waals surface area contributed by atoms with Gasteiger partial charge < -0.3 is 28.9 Å². The molecule has 1 rings (SSSR count). The predicted octanol–water partition coefficient (Wildman–Crippen LogP) is 0.981. The van der Waals surface area contributed by atoms with Gasteiger partial charge in [0.25, 0.3) is 0 Å². The Morgan fingerprint density at radius 2 is 1.82 bits per heavy atom. The van der Waals surface area contributed by atoms with Crippen LogP contribution in [0.2, 0.25) is 0 Å². The van der Waals surface area contributed by atoms with Gasteiger partial charge in [0, 0.05) is 20.3 Å². The summed E-state index contributed by atoms with van der Waals surface area (Å²) in [7, 11) is 1.48. The van der Waals surface area contributed by atoms with Gasteiger partial charge in [0.1, 0.15) is 24.4 Å². The Bertz CT molecular complexity index is 293. The van der Waals surface area contributed by atoms with E-state index in [2.05, 4.69) is 13.8 Å². The Kier molecular flexibility index (Phi) is 9.42. The molecule has 1 unspecified atom stereocenters. The fraction of sp³-hybridized carbons (Fsp3) is 1.00. The lowest BCUT2D eigenvalue weighted by atomic mass is 9.96. The van der Waals surface area contributed by atoms with E-state index >= 15 is 0 Å². The largest absolute Gasteiger partial charge is 0.385 e. The molecular weight excluding hydrogens is 290 g/mol. The van der Waals surface area contributed by atoms with Crippen molar-refractivity contribution in [2.24, 2.45) is 5.90 Å². The van der Waals surface area contributed by atoms with Crippen LogP contribution < -0.4 is 5.90 Å². The van der Waals surface area contributed by atoms with Crippen molar-refractivity contribution in [3.05, 3.63) is 0 Å². The maximum atomic E-state index is 10.4. The number of ether oxygens (including phenoxy) is 4. The van der Waals surface area contributed by atoms with E-state index in [1.165, 1.54) is 7.11 Å². The molecule has 132 valence electrons. The number of unbranched alkanes of at least 4 members (excludes halogenated alkanes) is 2. The van der Waals surface area contributed by atoms with Gasteiger partial charge in [-0.1, -0.05) is 26.7 Å². The maximum Gasteiger partial charge on any atom is 0.186 e. The number of hydrogen-bond acceptors (Lipinski definition) is 7. The first kappa shape index (κ1) is 19.8. The fourth-order valence-corrected chi connectivity index (χ4v) is 2.52. The van der Waals surface area contributed by atoms with Crippen LogP contribution >= 0.6 is 0 Å². The Labute approximate surface area is 132 Å². The quantitative estimate of drug-likeness (QED) is 0.409. The first-order valence-corrected chi connectivity index (χ1v) is 8.04. The second-order valence-corrected chi connectivity index (χ2v) is 5.64. The molecule has 0 aromatic rings. The third kappa shape index (κ3) is 5.13. The van der Waals surface area contributed by atoms with E-state index < -0.39 is 24.1 Å². The van der Waals surface area contributed by atoms with Gasteiger partial charge in [-0.2, -0.15) is 0 Å². The van der Waals surface area contributed by atoms with Crippen LogP contribution in [0.1, 0.15) is 39.5 Å². The summed E-state index contributed by atoms with van der Waals surface area (Å²) >= 11 is 0. The highest BCUT2D eigenvalue weighted by atomic mass is 16.7. The van der Waals surface area contributed by atoms with Crippen molar-refractivity contribution in [1.29, 1.82) is 0 Å². The van der Waals surface area contributed by atoms with E-state index in [1.54, 1.807) is 0 Å². The van der Waals surface area contributed by atoms with Crippen molar-refractivity contribution in [1.82, 2.24) is 0 Å². The fourth-order valence-electron chi connectivity index (χ4n) is 2.52. The normalized spacial score (nSPS) is 31.8. The van der Waals surface area contributed by atoms with Crippen LogP contribution in [0.5, 0.6) is 0 Å². The molecule has 1 aliphatic heterocycles. The molecule has 1 saturated heterocycles. The third-order valence-corrected chi connectivity index (χ3v) is 3.80. The summed E-state index contributed by atoms with van der Waals surface area (Å²) in [6, 6.07) is 0. The van der Waals surface area contributed by atoms with Crippen molar-refractivity contribution in [3.63, 3.8) is 0 Å². The minimum atomic E-state index is -0.962. The average Bonchev–Trinajstić information content (AvgIpc) is 2.78. The van der Waals surface area contributed by atoms with Crippen molar-refractivity contribution in [3.8, 4) is 0 Å². The van der Waals surface area contributed by atoms with Crippen LogP contribution in [0, 0.1) is 0 Å². The monoisotopic (exact) mass is 321 g/mol. The second-order valence-electron chi connectivity index (χ2n) is 5.64. The molecule has 0 radical (unpaired) electrons. The molecule has 0 aliphatic carbocycles. The lowest BCUT2D eigenvalue weighted by molar-refractivity contribution is -0.213. The zero-order chi connectivity index (χ0) is 16.4. The number of aliphatic hydroxyl groups is 1.